The van der Waals surface area contributed by atoms with Gasteiger partial charge in [-0.15, -0.1) is 21.5 Å². The van der Waals surface area contributed by atoms with E-state index in [-0.39, 0.29) is 11.8 Å². The maximum Gasteiger partial charge on any atom is 0.313 e. The molecule has 0 unspecified atom stereocenters. The molecular formula is C10H12N4O2S2. The highest BCUT2D eigenvalue weighted by atomic mass is 32.2. The zero-order valence-electron chi connectivity index (χ0n) is 9.90. The summed E-state index contributed by atoms with van der Waals surface area (Å²) in [6, 6.07) is 0.146. The van der Waals surface area contributed by atoms with Crippen LogP contribution in [0, 0.1) is 0 Å². The Bertz CT molecular complexity index is 536. The van der Waals surface area contributed by atoms with Crippen molar-refractivity contribution < 1.29 is 9.90 Å². The number of hydrogen-bond acceptors (Lipinski definition) is 6. The molecule has 0 aliphatic heterocycles. The summed E-state index contributed by atoms with van der Waals surface area (Å²) in [6.45, 7) is 4.01. The standard InChI is InChI=1S/C10H12N4O2S2/c1-6(2)14-9(7-3-17-5-11-7)12-13-10(14)18-4-8(15)16/h3,5-6H,4H2,1-2H3,(H,15,16). The lowest BCUT2D eigenvalue weighted by molar-refractivity contribution is -0.133. The molecule has 0 spiro atoms. The van der Waals surface area contributed by atoms with E-state index in [0.717, 1.165) is 5.69 Å². The molecule has 2 aromatic rings. The summed E-state index contributed by atoms with van der Waals surface area (Å²) in [5, 5.41) is 19.4. The SMILES string of the molecule is CC(C)n1c(SCC(=O)O)nnc1-c1cscn1. The van der Waals surface area contributed by atoms with Gasteiger partial charge in [-0.25, -0.2) is 4.98 Å². The van der Waals surface area contributed by atoms with E-state index < -0.39 is 5.97 Å². The number of aromatic nitrogens is 4. The Kier molecular flexibility index (Phi) is 3.97. The molecule has 18 heavy (non-hydrogen) atoms. The molecule has 2 rings (SSSR count). The third-order valence-electron chi connectivity index (χ3n) is 2.17. The summed E-state index contributed by atoms with van der Waals surface area (Å²) in [5.74, 6) is -0.213. The Morgan fingerprint density at radius 3 is 2.89 bits per heavy atom. The van der Waals surface area contributed by atoms with Crippen LogP contribution in [-0.4, -0.2) is 36.6 Å². The molecule has 0 radical (unpaired) electrons. The molecule has 1 N–H and O–H groups in total. The third-order valence-corrected chi connectivity index (χ3v) is 3.68. The molecule has 0 amide bonds. The van der Waals surface area contributed by atoms with Crippen LogP contribution in [0.1, 0.15) is 19.9 Å². The van der Waals surface area contributed by atoms with Gasteiger partial charge in [0.2, 0.25) is 0 Å². The molecule has 2 heterocycles. The molecule has 2 aromatic heterocycles. The van der Waals surface area contributed by atoms with Crippen LogP contribution in [0.15, 0.2) is 16.0 Å². The number of rotatable bonds is 5. The first-order valence-corrected chi connectivity index (χ1v) is 7.20. The van der Waals surface area contributed by atoms with E-state index >= 15 is 0 Å². The number of nitrogens with zero attached hydrogens (tertiary/aromatic N) is 4. The van der Waals surface area contributed by atoms with E-state index in [1.807, 2.05) is 23.8 Å². The van der Waals surface area contributed by atoms with Crippen LogP contribution >= 0.6 is 23.1 Å². The molecule has 96 valence electrons. The van der Waals surface area contributed by atoms with E-state index in [9.17, 15) is 4.79 Å². The molecule has 0 aliphatic carbocycles. The number of carbonyl (C=O) groups is 1. The highest BCUT2D eigenvalue weighted by molar-refractivity contribution is 7.99. The smallest absolute Gasteiger partial charge is 0.313 e. The Morgan fingerprint density at radius 2 is 2.33 bits per heavy atom. The lowest BCUT2D eigenvalue weighted by atomic mass is 10.3. The van der Waals surface area contributed by atoms with Crippen molar-refractivity contribution in [3.05, 3.63) is 10.9 Å². The number of carboxylic acid groups (broad SMARTS) is 1. The first-order valence-electron chi connectivity index (χ1n) is 5.27. The number of aliphatic carboxylic acids is 1. The highest BCUT2D eigenvalue weighted by Crippen LogP contribution is 2.27. The average Bonchev–Trinajstić information content (AvgIpc) is 2.94. The monoisotopic (exact) mass is 284 g/mol. The maximum absolute atomic E-state index is 10.6. The van der Waals surface area contributed by atoms with Crippen LogP contribution in [0.3, 0.4) is 0 Å². The van der Waals surface area contributed by atoms with Crippen molar-refractivity contribution in [3.8, 4) is 11.5 Å². The molecule has 0 saturated carbocycles. The minimum Gasteiger partial charge on any atom is -0.481 e. The van der Waals surface area contributed by atoms with Crippen LogP contribution in [0.25, 0.3) is 11.5 Å². The fourth-order valence-corrected chi connectivity index (χ4v) is 2.78. The van der Waals surface area contributed by atoms with E-state index in [4.69, 9.17) is 5.11 Å². The van der Waals surface area contributed by atoms with Crippen molar-refractivity contribution in [2.45, 2.75) is 25.0 Å². The van der Waals surface area contributed by atoms with Crippen molar-refractivity contribution in [1.29, 1.82) is 0 Å². The molecule has 8 heteroatoms. The second-order valence-electron chi connectivity index (χ2n) is 3.83. The van der Waals surface area contributed by atoms with E-state index in [1.54, 1.807) is 5.51 Å². The van der Waals surface area contributed by atoms with Crippen LogP contribution in [-0.2, 0) is 4.79 Å². The van der Waals surface area contributed by atoms with Gasteiger partial charge in [-0.05, 0) is 13.8 Å². The van der Waals surface area contributed by atoms with Crippen LogP contribution in [0.5, 0.6) is 0 Å². The fourth-order valence-electron chi connectivity index (χ4n) is 1.46. The maximum atomic E-state index is 10.6. The van der Waals surface area contributed by atoms with Crippen LogP contribution < -0.4 is 0 Å². The Morgan fingerprint density at radius 1 is 1.56 bits per heavy atom. The predicted octanol–water partition coefficient (Wildman–Crippen LogP) is 2.16. The van der Waals surface area contributed by atoms with Gasteiger partial charge in [0, 0.05) is 11.4 Å². The molecular weight excluding hydrogens is 272 g/mol. The first kappa shape index (κ1) is 13.0. The normalized spacial score (nSPS) is 11.1. The zero-order valence-corrected chi connectivity index (χ0v) is 11.5. The third kappa shape index (κ3) is 2.70. The summed E-state index contributed by atoms with van der Waals surface area (Å²) < 4.78 is 1.91. The lowest BCUT2D eigenvalue weighted by Crippen LogP contribution is -2.07. The van der Waals surface area contributed by atoms with Gasteiger partial charge in [0.1, 0.15) is 5.69 Å². The zero-order chi connectivity index (χ0) is 13.1. The van der Waals surface area contributed by atoms with Crippen LogP contribution in [0.2, 0.25) is 0 Å². The molecule has 6 nitrogen and oxygen atoms in total. The Balaban J connectivity index is 2.34. The molecule has 0 saturated heterocycles. The van der Waals surface area contributed by atoms with Crippen molar-refractivity contribution in [3.63, 3.8) is 0 Å². The quantitative estimate of drug-likeness (QED) is 0.847. The minimum atomic E-state index is -0.867. The number of carboxylic acids is 1. The summed E-state index contributed by atoms with van der Waals surface area (Å²) in [5.41, 5.74) is 2.50. The van der Waals surface area contributed by atoms with Crippen molar-refractivity contribution in [2.24, 2.45) is 0 Å². The molecule has 0 aromatic carbocycles. The summed E-state index contributed by atoms with van der Waals surface area (Å²) in [6.07, 6.45) is 0. The molecule has 0 atom stereocenters. The van der Waals surface area contributed by atoms with E-state index in [0.29, 0.717) is 11.0 Å². The van der Waals surface area contributed by atoms with Crippen molar-refractivity contribution in [2.75, 3.05) is 5.75 Å². The summed E-state index contributed by atoms with van der Waals surface area (Å²) in [4.78, 5) is 14.8. The van der Waals surface area contributed by atoms with Gasteiger partial charge in [-0.3, -0.25) is 9.36 Å². The number of hydrogen-bond donors (Lipinski definition) is 1. The topological polar surface area (TPSA) is 80.9 Å². The molecule has 0 bridgehead atoms. The van der Waals surface area contributed by atoms with E-state index in [2.05, 4.69) is 15.2 Å². The number of thioether (sulfide) groups is 1. The van der Waals surface area contributed by atoms with Crippen molar-refractivity contribution >= 4 is 29.1 Å². The van der Waals surface area contributed by atoms with Gasteiger partial charge >= 0.3 is 5.97 Å². The lowest BCUT2D eigenvalue weighted by Gasteiger charge is -2.11. The van der Waals surface area contributed by atoms with Gasteiger partial charge < -0.3 is 5.11 Å². The predicted molar refractivity (Wildman–Crippen MR) is 69.9 cm³/mol. The molecule has 0 fully saturated rings. The second kappa shape index (κ2) is 5.49. The Hall–Kier alpha value is -1.41. The van der Waals surface area contributed by atoms with Gasteiger partial charge in [0.05, 0.1) is 11.3 Å². The van der Waals surface area contributed by atoms with Crippen molar-refractivity contribution in [1.82, 2.24) is 19.7 Å². The van der Waals surface area contributed by atoms with Crippen LogP contribution in [0.4, 0.5) is 0 Å². The number of thiazole rings is 1. The van der Waals surface area contributed by atoms with Gasteiger partial charge in [-0.1, -0.05) is 11.8 Å². The Labute approximate surface area is 112 Å². The van der Waals surface area contributed by atoms with Gasteiger partial charge in [0.25, 0.3) is 0 Å². The largest absolute Gasteiger partial charge is 0.481 e. The van der Waals surface area contributed by atoms with E-state index in [1.165, 1.54) is 23.1 Å². The summed E-state index contributed by atoms with van der Waals surface area (Å²) >= 11 is 2.66. The summed E-state index contributed by atoms with van der Waals surface area (Å²) in [7, 11) is 0. The minimum absolute atomic E-state index is 0.0259. The fraction of sp³-hybridized carbons (Fsp3) is 0.400. The molecule has 0 aliphatic rings. The average molecular weight is 284 g/mol. The van der Waals surface area contributed by atoms with Gasteiger partial charge in [-0.2, -0.15) is 0 Å². The van der Waals surface area contributed by atoms with Gasteiger partial charge in [0.15, 0.2) is 11.0 Å². The second-order valence-corrected chi connectivity index (χ2v) is 5.49. The highest BCUT2D eigenvalue weighted by Gasteiger charge is 2.18. The first-order chi connectivity index (χ1) is 8.59.